The second-order valence-electron chi connectivity index (χ2n) is 3.82. The first kappa shape index (κ1) is 20.1. The average Bonchev–Trinajstić information content (AvgIpc) is 2.79. The summed E-state index contributed by atoms with van der Waals surface area (Å²) in [7, 11) is 0. The third-order valence-electron chi connectivity index (χ3n) is 2.32. The van der Waals surface area contributed by atoms with Gasteiger partial charge in [-0.1, -0.05) is 23.6 Å². The molecule has 23 heavy (non-hydrogen) atoms. The Bertz CT molecular complexity index is 744. The van der Waals surface area contributed by atoms with Crippen LogP contribution in [0.4, 0.5) is 11.4 Å². The summed E-state index contributed by atoms with van der Waals surface area (Å²) in [6, 6.07) is 8.93. The van der Waals surface area contributed by atoms with Crippen LogP contribution >= 0.6 is 0 Å². The number of nitroso groups, excluding NO2 is 2. The fourth-order valence-electron chi connectivity index (χ4n) is 1.21. The first-order valence-corrected chi connectivity index (χ1v) is 5.77. The van der Waals surface area contributed by atoms with E-state index in [0.717, 1.165) is 24.3 Å². The molecule has 0 amide bonds. The van der Waals surface area contributed by atoms with Crippen LogP contribution in [-0.4, -0.2) is 0 Å². The molecule has 8 nitrogen and oxygen atoms in total. The molecule has 0 atom stereocenters. The molecule has 118 valence electrons. The molecule has 0 radical (unpaired) electrons. The van der Waals surface area contributed by atoms with E-state index in [4.69, 9.17) is 0 Å². The Morgan fingerprint density at radius 2 is 0.913 bits per heavy atom. The van der Waals surface area contributed by atoms with Crippen molar-refractivity contribution in [1.29, 1.82) is 0 Å². The third-order valence-corrected chi connectivity index (χ3v) is 2.32. The quantitative estimate of drug-likeness (QED) is 0.582. The molecule has 0 aliphatic heterocycles. The minimum absolute atomic E-state index is 0. The summed E-state index contributed by atoms with van der Waals surface area (Å²) in [5.74, 6) is -1.28. The molecule has 0 unspecified atom stereocenters. The fourth-order valence-corrected chi connectivity index (χ4v) is 1.21. The smallest absolute Gasteiger partial charge is 0.870 e. The molecular formula is C14H8FeN2O6. The first-order chi connectivity index (χ1) is 10.5. The molecule has 0 aliphatic carbocycles. The van der Waals surface area contributed by atoms with Crippen molar-refractivity contribution in [3.05, 3.63) is 78.8 Å². The van der Waals surface area contributed by atoms with Crippen LogP contribution in [0, 0.1) is 9.81 Å². The fraction of sp³-hybridized carbons (Fsp3) is 0. The molecule has 0 saturated heterocycles. The predicted octanol–water partition coefficient (Wildman–Crippen LogP) is 1.03. The molecule has 0 saturated carbocycles. The first-order valence-electron chi connectivity index (χ1n) is 5.77. The molecule has 0 aromatic heterocycles. The summed E-state index contributed by atoms with van der Waals surface area (Å²) in [5.41, 5.74) is -1.13. The Labute approximate surface area is 139 Å². The molecule has 2 aromatic rings. The van der Waals surface area contributed by atoms with Gasteiger partial charge < -0.3 is 10.2 Å². The number of nitrogens with zero attached hydrogens (tertiary/aromatic N) is 2. The molecule has 0 heterocycles. The predicted molar refractivity (Wildman–Crippen MR) is 75.2 cm³/mol. The Balaban J connectivity index is 0.000000403. The van der Waals surface area contributed by atoms with E-state index < -0.39 is 22.4 Å². The maximum atomic E-state index is 10.6. The van der Waals surface area contributed by atoms with Crippen LogP contribution in [-0.2, 0) is 17.1 Å². The van der Waals surface area contributed by atoms with Gasteiger partial charge in [-0.05, 0) is 46.8 Å². The van der Waals surface area contributed by atoms with Gasteiger partial charge in [0.1, 0.15) is 11.4 Å². The molecule has 2 rings (SSSR count). The zero-order valence-electron chi connectivity index (χ0n) is 11.3. The Morgan fingerprint density at radius 3 is 1.22 bits per heavy atom. The second kappa shape index (κ2) is 9.93. The van der Waals surface area contributed by atoms with Gasteiger partial charge >= 0.3 is 17.1 Å². The Morgan fingerprint density at radius 1 is 0.609 bits per heavy atom. The minimum atomic E-state index is -0.639. The minimum Gasteiger partial charge on any atom is -0.870 e. The van der Waals surface area contributed by atoms with Crippen molar-refractivity contribution in [3.8, 4) is 11.5 Å². The number of rotatable bonds is 2. The zero-order valence-corrected chi connectivity index (χ0v) is 12.4. The van der Waals surface area contributed by atoms with E-state index in [0.29, 0.717) is 0 Å². The summed E-state index contributed by atoms with van der Waals surface area (Å²) in [4.78, 5) is 41.1. The van der Waals surface area contributed by atoms with Gasteiger partial charge in [-0.25, -0.2) is 0 Å². The summed E-state index contributed by atoms with van der Waals surface area (Å²) in [6.45, 7) is 0. The van der Waals surface area contributed by atoms with Crippen molar-refractivity contribution in [2.45, 2.75) is 0 Å². The zero-order chi connectivity index (χ0) is 16.5. The van der Waals surface area contributed by atoms with Crippen molar-refractivity contribution < 1.29 is 27.3 Å². The topological polar surface area (TPSA) is 139 Å². The van der Waals surface area contributed by atoms with E-state index in [1.54, 1.807) is 0 Å². The van der Waals surface area contributed by atoms with Crippen LogP contribution in [0.15, 0.2) is 68.5 Å². The summed E-state index contributed by atoms with van der Waals surface area (Å²) in [6.07, 6.45) is 0. The standard InChI is InChI=1S/2C7H5NO3.Fe/c2*9-6-3-1-5(8-11)2-4-7(6)10;/h2*1-4H,(H,9,10);/q;;+2/p-2. The van der Waals surface area contributed by atoms with Crippen LogP contribution in [0.1, 0.15) is 0 Å². The maximum Gasteiger partial charge on any atom is 2.00 e. The second-order valence-corrected chi connectivity index (χ2v) is 3.82. The molecule has 9 heteroatoms. The van der Waals surface area contributed by atoms with Crippen molar-refractivity contribution in [3.63, 3.8) is 0 Å². The van der Waals surface area contributed by atoms with Gasteiger partial charge in [0.25, 0.3) is 0 Å². The molecule has 2 aromatic carbocycles. The van der Waals surface area contributed by atoms with Crippen molar-refractivity contribution >= 4 is 11.4 Å². The maximum absolute atomic E-state index is 10.6. The van der Waals surface area contributed by atoms with E-state index in [-0.39, 0.29) is 28.4 Å². The number of hydrogen-bond acceptors (Lipinski definition) is 8. The van der Waals surface area contributed by atoms with E-state index in [2.05, 4.69) is 10.4 Å². The Hall–Kier alpha value is -2.90. The van der Waals surface area contributed by atoms with Gasteiger partial charge in [-0.15, -0.1) is 9.81 Å². The van der Waals surface area contributed by atoms with Gasteiger partial charge in [0.15, 0.2) is 10.9 Å². The average molecular weight is 356 g/mol. The van der Waals surface area contributed by atoms with Gasteiger partial charge in [0, 0.05) is 0 Å². The van der Waals surface area contributed by atoms with Crippen molar-refractivity contribution in [2.24, 2.45) is 10.4 Å². The van der Waals surface area contributed by atoms with Crippen LogP contribution < -0.4 is 21.1 Å². The van der Waals surface area contributed by atoms with Crippen LogP contribution in [0.5, 0.6) is 11.5 Å². The van der Waals surface area contributed by atoms with E-state index in [9.17, 15) is 29.6 Å². The van der Waals surface area contributed by atoms with Gasteiger partial charge in [-0.3, -0.25) is 9.59 Å². The third kappa shape index (κ3) is 6.60. The molecule has 0 fully saturated rings. The summed E-state index contributed by atoms with van der Waals surface area (Å²) < 4.78 is 0. The van der Waals surface area contributed by atoms with Gasteiger partial charge in [0.05, 0.1) is 0 Å². The van der Waals surface area contributed by atoms with E-state index in [1.165, 1.54) is 24.3 Å². The molecular weight excluding hydrogens is 348 g/mol. The monoisotopic (exact) mass is 356 g/mol. The Kier molecular flexibility index (Phi) is 8.68. The molecule has 0 spiro atoms. The van der Waals surface area contributed by atoms with E-state index >= 15 is 0 Å². The van der Waals surface area contributed by atoms with Crippen LogP contribution in [0.3, 0.4) is 0 Å². The summed E-state index contributed by atoms with van der Waals surface area (Å²) in [5, 5.41) is 26.4. The van der Waals surface area contributed by atoms with E-state index in [1.807, 2.05) is 0 Å². The molecule has 0 bridgehead atoms. The van der Waals surface area contributed by atoms with Gasteiger partial charge in [0.2, 0.25) is 0 Å². The summed E-state index contributed by atoms with van der Waals surface area (Å²) >= 11 is 0. The van der Waals surface area contributed by atoms with Crippen molar-refractivity contribution in [2.75, 3.05) is 0 Å². The normalized spacial score (nSPS) is 8.70. The van der Waals surface area contributed by atoms with Crippen LogP contribution in [0.25, 0.3) is 0 Å². The molecule has 0 N–H and O–H groups in total. The SMILES string of the molecule is O=Nc1ccc([O-])c(=O)cc1.O=Nc1ccc([O-])c(=O)cc1.[Fe+2]. The van der Waals surface area contributed by atoms with Gasteiger partial charge in [-0.2, -0.15) is 0 Å². The number of hydrogen-bond donors (Lipinski definition) is 0. The molecule has 0 aliphatic rings. The largest absolute Gasteiger partial charge is 2.00 e. The van der Waals surface area contributed by atoms with Crippen molar-refractivity contribution in [1.82, 2.24) is 0 Å². The van der Waals surface area contributed by atoms with Crippen LogP contribution in [0.2, 0.25) is 0 Å².